The van der Waals surface area contributed by atoms with E-state index in [1.54, 1.807) is 0 Å². The number of rotatable bonds is 6. The monoisotopic (exact) mass is 300 g/mol. The quantitative estimate of drug-likeness (QED) is 0.838. The van der Waals surface area contributed by atoms with Gasteiger partial charge in [-0.2, -0.15) is 12.7 Å². The van der Waals surface area contributed by atoms with Gasteiger partial charge in [-0.3, -0.25) is 4.72 Å². The van der Waals surface area contributed by atoms with Gasteiger partial charge >= 0.3 is 16.2 Å². The van der Waals surface area contributed by atoms with Crippen LogP contribution in [0, 0.1) is 5.92 Å². The van der Waals surface area contributed by atoms with Gasteiger partial charge in [-0.25, -0.2) is 4.79 Å². The van der Waals surface area contributed by atoms with Crippen LogP contribution in [0.1, 0.15) is 29.8 Å². The predicted molar refractivity (Wildman–Crippen MR) is 78.2 cm³/mol. The summed E-state index contributed by atoms with van der Waals surface area (Å²) in [4.78, 5) is 11.0. The molecule has 6 nitrogen and oxygen atoms in total. The van der Waals surface area contributed by atoms with E-state index in [1.807, 2.05) is 13.8 Å². The van der Waals surface area contributed by atoms with E-state index >= 15 is 0 Å². The summed E-state index contributed by atoms with van der Waals surface area (Å²) in [7, 11) is -0.753. The highest BCUT2D eigenvalue weighted by molar-refractivity contribution is 7.90. The van der Waals surface area contributed by atoms with Crippen molar-refractivity contribution in [2.24, 2.45) is 5.92 Å². The number of anilines is 1. The van der Waals surface area contributed by atoms with E-state index in [2.05, 4.69) is 4.72 Å². The summed E-state index contributed by atoms with van der Waals surface area (Å²) in [5, 5.41) is 9.01. The molecule has 0 saturated carbocycles. The summed E-state index contributed by atoms with van der Waals surface area (Å²) in [5.74, 6) is -0.751. The molecule has 0 atom stereocenters. The summed E-state index contributed by atoms with van der Waals surface area (Å²) in [6, 6.07) is 4.39. The van der Waals surface area contributed by atoms with Gasteiger partial charge < -0.3 is 5.11 Å². The van der Waals surface area contributed by atoms with Crippen molar-refractivity contribution < 1.29 is 18.3 Å². The standard InChI is InChI=1S/C13H20N2O4S/c1-9(2)7-11-8-10(13(16)17)5-6-12(11)14-20(18,19)15(3)4/h5-6,8-9,14H,7H2,1-4H3,(H,16,17). The Kier molecular flexibility index (Phi) is 5.13. The Hall–Kier alpha value is -1.60. The highest BCUT2D eigenvalue weighted by atomic mass is 32.2. The van der Waals surface area contributed by atoms with Crippen LogP contribution in [-0.2, 0) is 16.6 Å². The maximum Gasteiger partial charge on any atom is 0.335 e. The number of aromatic carboxylic acids is 1. The zero-order valence-corrected chi connectivity index (χ0v) is 12.9. The van der Waals surface area contributed by atoms with Crippen LogP contribution in [0.3, 0.4) is 0 Å². The molecule has 0 aliphatic carbocycles. The van der Waals surface area contributed by atoms with Crippen LogP contribution in [0.15, 0.2) is 18.2 Å². The molecule has 1 rings (SSSR count). The Bertz CT molecular complexity index is 594. The lowest BCUT2D eigenvalue weighted by molar-refractivity contribution is 0.0696. The van der Waals surface area contributed by atoms with Crippen LogP contribution in [0.25, 0.3) is 0 Å². The molecule has 2 N–H and O–H groups in total. The number of hydrogen-bond donors (Lipinski definition) is 2. The van der Waals surface area contributed by atoms with Crippen molar-refractivity contribution in [1.82, 2.24) is 4.31 Å². The minimum atomic E-state index is -3.61. The van der Waals surface area contributed by atoms with Crippen LogP contribution in [0.2, 0.25) is 0 Å². The SMILES string of the molecule is CC(C)Cc1cc(C(=O)O)ccc1NS(=O)(=O)N(C)C. The number of carboxylic acid groups (broad SMARTS) is 1. The zero-order valence-electron chi connectivity index (χ0n) is 12.0. The smallest absolute Gasteiger partial charge is 0.335 e. The fourth-order valence-corrected chi connectivity index (χ4v) is 2.32. The fourth-order valence-electron chi connectivity index (χ4n) is 1.67. The van der Waals surface area contributed by atoms with Crippen LogP contribution >= 0.6 is 0 Å². The average Bonchev–Trinajstić information content (AvgIpc) is 2.29. The van der Waals surface area contributed by atoms with Gasteiger partial charge in [-0.15, -0.1) is 0 Å². The van der Waals surface area contributed by atoms with Crippen molar-refractivity contribution in [3.05, 3.63) is 29.3 Å². The third-order valence-electron chi connectivity index (χ3n) is 2.70. The van der Waals surface area contributed by atoms with Crippen LogP contribution in [0.5, 0.6) is 0 Å². The normalized spacial score (nSPS) is 11.9. The fraction of sp³-hybridized carbons (Fsp3) is 0.462. The Balaban J connectivity index is 3.21. The van der Waals surface area contributed by atoms with Crippen LogP contribution < -0.4 is 4.72 Å². The highest BCUT2D eigenvalue weighted by Crippen LogP contribution is 2.22. The van der Waals surface area contributed by atoms with E-state index in [4.69, 9.17) is 5.11 Å². The summed E-state index contributed by atoms with van der Waals surface area (Å²) < 4.78 is 27.2. The molecule has 112 valence electrons. The Labute approximate surface area is 119 Å². The highest BCUT2D eigenvalue weighted by Gasteiger charge is 2.17. The molecule has 0 aliphatic heterocycles. The van der Waals surface area contributed by atoms with Crippen LogP contribution in [0.4, 0.5) is 5.69 Å². The molecule has 0 unspecified atom stereocenters. The molecule has 1 aromatic rings. The first-order valence-corrected chi connectivity index (χ1v) is 7.64. The lowest BCUT2D eigenvalue weighted by Gasteiger charge is -2.17. The molecule has 0 spiro atoms. The lowest BCUT2D eigenvalue weighted by Crippen LogP contribution is -2.29. The third-order valence-corrected chi connectivity index (χ3v) is 4.14. The van der Waals surface area contributed by atoms with E-state index < -0.39 is 16.2 Å². The molecule has 0 radical (unpaired) electrons. The van der Waals surface area contributed by atoms with Crippen molar-refractivity contribution in [2.45, 2.75) is 20.3 Å². The predicted octanol–water partition coefficient (Wildman–Crippen LogP) is 1.80. The molecule has 0 aromatic heterocycles. The minimum Gasteiger partial charge on any atom is -0.478 e. The maximum atomic E-state index is 11.9. The van der Waals surface area contributed by atoms with Crippen molar-refractivity contribution in [1.29, 1.82) is 0 Å². The summed E-state index contributed by atoms with van der Waals surface area (Å²) >= 11 is 0. The van der Waals surface area contributed by atoms with Gasteiger partial charge in [0.15, 0.2) is 0 Å². The molecule has 0 bridgehead atoms. The number of nitrogens with zero attached hydrogens (tertiary/aromatic N) is 1. The molecule has 0 aliphatic rings. The number of nitrogens with one attached hydrogen (secondary N) is 1. The van der Waals surface area contributed by atoms with Gasteiger partial charge in [0.25, 0.3) is 0 Å². The first kappa shape index (κ1) is 16.5. The van der Waals surface area contributed by atoms with E-state index in [0.29, 0.717) is 17.7 Å². The molecule has 0 heterocycles. The van der Waals surface area contributed by atoms with E-state index in [0.717, 1.165) is 4.31 Å². The number of carboxylic acids is 1. The van der Waals surface area contributed by atoms with Gasteiger partial charge in [-0.05, 0) is 36.1 Å². The van der Waals surface area contributed by atoms with Crippen molar-refractivity contribution in [3.8, 4) is 0 Å². The molecule has 7 heteroatoms. The zero-order chi connectivity index (χ0) is 15.5. The van der Waals surface area contributed by atoms with E-state index in [-0.39, 0.29) is 11.5 Å². The lowest BCUT2D eigenvalue weighted by atomic mass is 9.99. The first-order chi connectivity index (χ1) is 9.13. The topological polar surface area (TPSA) is 86.7 Å². The van der Waals surface area contributed by atoms with E-state index in [9.17, 15) is 13.2 Å². The van der Waals surface area contributed by atoms with Gasteiger partial charge in [0.1, 0.15) is 0 Å². The molecule has 0 fully saturated rings. The Morgan fingerprint density at radius 1 is 1.35 bits per heavy atom. The maximum absolute atomic E-state index is 11.9. The number of hydrogen-bond acceptors (Lipinski definition) is 3. The van der Waals surface area contributed by atoms with Gasteiger partial charge in [-0.1, -0.05) is 13.8 Å². The second-order valence-electron chi connectivity index (χ2n) is 5.16. The second kappa shape index (κ2) is 6.23. The molecule has 1 aromatic carbocycles. The van der Waals surface area contributed by atoms with Gasteiger partial charge in [0.05, 0.1) is 11.3 Å². The molecule has 0 amide bonds. The summed E-state index contributed by atoms with van der Waals surface area (Å²) in [5.41, 5.74) is 1.23. The largest absolute Gasteiger partial charge is 0.478 e. The van der Waals surface area contributed by atoms with Gasteiger partial charge in [0.2, 0.25) is 0 Å². The Morgan fingerprint density at radius 2 is 1.95 bits per heavy atom. The van der Waals surface area contributed by atoms with Crippen LogP contribution in [-0.4, -0.2) is 37.9 Å². The third kappa shape index (κ3) is 4.21. The Morgan fingerprint density at radius 3 is 2.40 bits per heavy atom. The molecular formula is C13H20N2O4S. The summed E-state index contributed by atoms with van der Waals surface area (Å²) in [6.45, 7) is 3.97. The first-order valence-electron chi connectivity index (χ1n) is 6.20. The van der Waals surface area contributed by atoms with E-state index in [1.165, 1.54) is 32.3 Å². The summed E-state index contributed by atoms with van der Waals surface area (Å²) in [6.07, 6.45) is 0.590. The molecular weight excluding hydrogens is 280 g/mol. The van der Waals surface area contributed by atoms with Crippen molar-refractivity contribution in [2.75, 3.05) is 18.8 Å². The minimum absolute atomic E-state index is 0.147. The molecule has 0 saturated heterocycles. The van der Waals surface area contributed by atoms with Gasteiger partial charge in [0, 0.05) is 14.1 Å². The molecule has 20 heavy (non-hydrogen) atoms. The second-order valence-corrected chi connectivity index (χ2v) is 7.05. The van der Waals surface area contributed by atoms with Crippen molar-refractivity contribution >= 4 is 21.9 Å². The van der Waals surface area contributed by atoms with Crippen molar-refractivity contribution in [3.63, 3.8) is 0 Å². The number of benzene rings is 1. The average molecular weight is 300 g/mol. The number of carbonyl (C=O) groups is 1.